The summed E-state index contributed by atoms with van der Waals surface area (Å²) in [6.45, 7) is 4.98. The van der Waals surface area contributed by atoms with Crippen LogP contribution in [0.1, 0.15) is 24.2 Å². The van der Waals surface area contributed by atoms with Crippen LogP contribution in [0, 0.1) is 0 Å². The summed E-state index contributed by atoms with van der Waals surface area (Å²) in [6.07, 6.45) is 2.05. The number of thioether (sulfide) groups is 1. The molecular formula is C15H18N2O2S. The number of pyridine rings is 1. The fourth-order valence-electron chi connectivity index (χ4n) is 1.82. The minimum atomic E-state index is -0.934. The summed E-state index contributed by atoms with van der Waals surface area (Å²) in [5.74, 6) is -0.334. The van der Waals surface area contributed by atoms with E-state index in [0.717, 1.165) is 6.54 Å². The number of nitrogens with one attached hydrogen (secondary N) is 1. The van der Waals surface area contributed by atoms with E-state index in [1.807, 2.05) is 18.2 Å². The maximum atomic E-state index is 11.4. The zero-order valence-electron chi connectivity index (χ0n) is 11.8. The second-order valence-corrected chi connectivity index (χ2v) is 6.71. The van der Waals surface area contributed by atoms with Crippen LogP contribution in [0.4, 0.5) is 5.82 Å². The average Bonchev–Trinajstić information content (AvgIpc) is 2.44. The summed E-state index contributed by atoms with van der Waals surface area (Å²) in [5.41, 5.74) is 0.969. The Morgan fingerprint density at radius 3 is 2.75 bits per heavy atom. The summed E-state index contributed by atoms with van der Waals surface area (Å²) in [5, 5.41) is 13.2. The number of aromatic nitrogens is 1. The lowest BCUT2D eigenvalue weighted by Gasteiger charge is -2.22. The number of anilines is 1. The number of benzene rings is 1. The van der Waals surface area contributed by atoms with Crippen molar-refractivity contribution in [3.8, 4) is 0 Å². The van der Waals surface area contributed by atoms with E-state index in [9.17, 15) is 9.90 Å². The number of nitrogens with zero attached hydrogens (tertiary/aromatic N) is 1. The Kier molecular flexibility index (Phi) is 4.18. The number of aromatic carboxylic acids is 1. The summed E-state index contributed by atoms with van der Waals surface area (Å²) in [6, 6.07) is 8.88. The van der Waals surface area contributed by atoms with Crippen LogP contribution in [0.3, 0.4) is 0 Å². The quantitative estimate of drug-likeness (QED) is 0.882. The largest absolute Gasteiger partial charge is 0.478 e. The molecule has 2 aromatic rings. The lowest BCUT2D eigenvalue weighted by molar-refractivity contribution is 0.0699. The minimum absolute atomic E-state index is 0.0662. The Bertz CT molecular complexity index is 641. The highest BCUT2D eigenvalue weighted by Gasteiger charge is 2.17. The second-order valence-electron chi connectivity index (χ2n) is 5.19. The van der Waals surface area contributed by atoms with E-state index in [1.54, 1.807) is 23.9 Å². The number of hydrogen-bond donors (Lipinski definition) is 2. The van der Waals surface area contributed by atoms with Gasteiger partial charge in [-0.1, -0.05) is 18.2 Å². The molecule has 5 heteroatoms. The van der Waals surface area contributed by atoms with Gasteiger partial charge in [-0.05, 0) is 32.2 Å². The summed E-state index contributed by atoms with van der Waals surface area (Å²) < 4.78 is 0.0662. The summed E-state index contributed by atoms with van der Waals surface area (Å²) in [4.78, 5) is 15.8. The van der Waals surface area contributed by atoms with Crippen molar-refractivity contribution in [1.29, 1.82) is 0 Å². The number of carboxylic acids is 1. The van der Waals surface area contributed by atoms with Gasteiger partial charge < -0.3 is 10.4 Å². The van der Waals surface area contributed by atoms with E-state index < -0.39 is 5.97 Å². The molecular weight excluding hydrogens is 272 g/mol. The van der Waals surface area contributed by atoms with Gasteiger partial charge in [0.15, 0.2) is 0 Å². The Hall–Kier alpha value is -1.75. The molecule has 0 aliphatic heterocycles. The van der Waals surface area contributed by atoms with E-state index in [2.05, 4.69) is 30.4 Å². The van der Waals surface area contributed by atoms with Crippen molar-refractivity contribution in [1.82, 2.24) is 4.98 Å². The van der Waals surface area contributed by atoms with Gasteiger partial charge in [0.05, 0.1) is 11.1 Å². The van der Waals surface area contributed by atoms with E-state index in [1.165, 1.54) is 0 Å². The highest BCUT2D eigenvalue weighted by atomic mass is 32.2. The Morgan fingerprint density at radius 2 is 2.10 bits per heavy atom. The molecule has 0 saturated heterocycles. The minimum Gasteiger partial charge on any atom is -0.478 e. The van der Waals surface area contributed by atoms with Crippen LogP contribution >= 0.6 is 11.8 Å². The van der Waals surface area contributed by atoms with E-state index in [0.29, 0.717) is 16.7 Å². The highest BCUT2D eigenvalue weighted by Crippen LogP contribution is 2.24. The standard InChI is InChI=1S/C15H18N2O2S/c1-15(2,20-3)9-16-13-8-11(14(18)19)10-6-4-5-7-12(10)17-13/h4-8H,9H2,1-3H3,(H,16,17)(H,18,19). The maximum absolute atomic E-state index is 11.4. The molecule has 0 aliphatic carbocycles. The first-order valence-corrected chi connectivity index (χ1v) is 7.57. The van der Waals surface area contributed by atoms with Gasteiger partial charge in [-0.15, -0.1) is 0 Å². The van der Waals surface area contributed by atoms with Crippen molar-refractivity contribution in [2.24, 2.45) is 0 Å². The molecule has 0 unspecified atom stereocenters. The number of fused-ring (bicyclic) bond motifs is 1. The van der Waals surface area contributed by atoms with Gasteiger partial charge in [0, 0.05) is 16.7 Å². The van der Waals surface area contributed by atoms with Crippen molar-refractivity contribution in [3.63, 3.8) is 0 Å². The molecule has 0 spiro atoms. The third-order valence-corrected chi connectivity index (χ3v) is 4.44. The fraction of sp³-hybridized carbons (Fsp3) is 0.333. The predicted molar refractivity (Wildman–Crippen MR) is 84.8 cm³/mol. The van der Waals surface area contributed by atoms with Crippen LogP contribution < -0.4 is 5.32 Å². The van der Waals surface area contributed by atoms with Gasteiger partial charge in [0.2, 0.25) is 0 Å². The van der Waals surface area contributed by atoms with Crippen LogP contribution in [0.5, 0.6) is 0 Å². The fourth-order valence-corrected chi connectivity index (χ4v) is 2.04. The van der Waals surface area contributed by atoms with Crippen molar-refractivity contribution in [2.75, 3.05) is 18.1 Å². The molecule has 1 aromatic heterocycles. The van der Waals surface area contributed by atoms with Gasteiger partial charge in [0.1, 0.15) is 5.82 Å². The highest BCUT2D eigenvalue weighted by molar-refractivity contribution is 7.99. The van der Waals surface area contributed by atoms with Gasteiger partial charge >= 0.3 is 5.97 Å². The molecule has 0 saturated carbocycles. The first-order valence-electron chi connectivity index (χ1n) is 6.35. The van der Waals surface area contributed by atoms with E-state index in [-0.39, 0.29) is 10.3 Å². The molecule has 0 radical (unpaired) electrons. The SMILES string of the molecule is CSC(C)(C)CNc1cc(C(=O)O)c2ccccc2n1. The van der Waals surface area contributed by atoms with Crippen LogP contribution in [-0.4, -0.2) is 33.6 Å². The lowest BCUT2D eigenvalue weighted by atomic mass is 10.1. The third kappa shape index (κ3) is 3.22. The third-order valence-electron chi connectivity index (χ3n) is 3.19. The predicted octanol–water partition coefficient (Wildman–Crippen LogP) is 3.49. The number of carbonyl (C=O) groups is 1. The van der Waals surface area contributed by atoms with E-state index >= 15 is 0 Å². The van der Waals surface area contributed by atoms with Gasteiger partial charge in [-0.25, -0.2) is 9.78 Å². The molecule has 2 N–H and O–H groups in total. The van der Waals surface area contributed by atoms with Crippen LogP contribution in [0.15, 0.2) is 30.3 Å². The monoisotopic (exact) mass is 290 g/mol. The topological polar surface area (TPSA) is 62.2 Å². The van der Waals surface area contributed by atoms with Gasteiger partial charge in [-0.2, -0.15) is 11.8 Å². The molecule has 20 heavy (non-hydrogen) atoms. The zero-order valence-corrected chi connectivity index (χ0v) is 12.6. The van der Waals surface area contributed by atoms with Crippen molar-refractivity contribution in [2.45, 2.75) is 18.6 Å². The molecule has 4 nitrogen and oxygen atoms in total. The number of para-hydroxylation sites is 1. The number of carboxylic acid groups (broad SMARTS) is 1. The van der Waals surface area contributed by atoms with Gasteiger partial charge in [0.25, 0.3) is 0 Å². The first-order chi connectivity index (χ1) is 9.43. The summed E-state index contributed by atoms with van der Waals surface area (Å²) in [7, 11) is 0. The van der Waals surface area contributed by atoms with E-state index in [4.69, 9.17) is 0 Å². The van der Waals surface area contributed by atoms with Crippen molar-refractivity contribution < 1.29 is 9.90 Å². The van der Waals surface area contributed by atoms with Gasteiger partial charge in [-0.3, -0.25) is 0 Å². The average molecular weight is 290 g/mol. The molecule has 1 heterocycles. The van der Waals surface area contributed by atoms with Crippen LogP contribution in [-0.2, 0) is 0 Å². The molecule has 0 bridgehead atoms. The molecule has 1 aromatic carbocycles. The molecule has 0 amide bonds. The van der Waals surface area contributed by atoms with Crippen LogP contribution in [0.25, 0.3) is 10.9 Å². The molecule has 106 valence electrons. The Balaban J connectivity index is 2.38. The molecule has 0 fully saturated rings. The summed E-state index contributed by atoms with van der Waals surface area (Å²) >= 11 is 1.75. The number of rotatable bonds is 5. The Morgan fingerprint density at radius 1 is 1.40 bits per heavy atom. The Labute approximate surface area is 122 Å². The second kappa shape index (κ2) is 5.71. The molecule has 2 rings (SSSR count). The van der Waals surface area contributed by atoms with Crippen LogP contribution in [0.2, 0.25) is 0 Å². The smallest absolute Gasteiger partial charge is 0.336 e. The maximum Gasteiger partial charge on any atom is 0.336 e. The van der Waals surface area contributed by atoms with Crippen molar-refractivity contribution >= 4 is 34.5 Å². The number of hydrogen-bond acceptors (Lipinski definition) is 4. The molecule has 0 aliphatic rings. The lowest BCUT2D eigenvalue weighted by Crippen LogP contribution is -2.26. The first kappa shape index (κ1) is 14.7. The molecule has 0 atom stereocenters. The normalized spacial score (nSPS) is 11.6. The zero-order chi connectivity index (χ0) is 14.8. The van der Waals surface area contributed by atoms with Crippen molar-refractivity contribution in [3.05, 3.63) is 35.9 Å².